The molecule has 6 N–H and O–H groups in total. The summed E-state index contributed by atoms with van der Waals surface area (Å²) in [5, 5.41) is 5.90. The van der Waals surface area contributed by atoms with Crippen molar-refractivity contribution >= 4 is 23.2 Å². The SMILES string of the molecule is CC[C@@H](Nc1nc(Nc2cncc(-c3cc(OC)ccc3F)c2)c(C(N)=O)cc1F)[C@H](C)N. The van der Waals surface area contributed by atoms with Crippen LogP contribution in [0.1, 0.15) is 30.6 Å². The number of primary amides is 1. The topological polar surface area (TPSA) is 128 Å². The minimum absolute atomic E-state index is 0.0241. The molecule has 0 bridgehead atoms. The molecule has 0 unspecified atom stereocenters. The summed E-state index contributed by atoms with van der Waals surface area (Å²) in [5.41, 5.74) is 12.3. The summed E-state index contributed by atoms with van der Waals surface area (Å²) in [5.74, 6) is -1.63. The number of anilines is 3. The van der Waals surface area contributed by atoms with Gasteiger partial charge in [0.1, 0.15) is 17.4 Å². The second kappa shape index (κ2) is 10.2. The van der Waals surface area contributed by atoms with Gasteiger partial charge < -0.3 is 26.8 Å². The fourth-order valence-corrected chi connectivity index (χ4v) is 3.30. The molecule has 2 heterocycles. The number of methoxy groups -OCH3 is 1. The number of nitrogens with one attached hydrogen (secondary N) is 2. The molecule has 0 radical (unpaired) electrons. The van der Waals surface area contributed by atoms with E-state index in [1.54, 1.807) is 19.1 Å². The Balaban J connectivity index is 1.99. The molecule has 0 spiro atoms. The molecule has 1 aromatic carbocycles. The Morgan fingerprint density at radius 2 is 1.91 bits per heavy atom. The number of carbonyl (C=O) groups excluding carboxylic acids is 1. The molecular formula is C23H26F2N6O2. The first-order valence-electron chi connectivity index (χ1n) is 10.3. The predicted octanol–water partition coefficient (Wildman–Crippen LogP) is 3.81. The van der Waals surface area contributed by atoms with E-state index in [0.717, 1.165) is 6.07 Å². The summed E-state index contributed by atoms with van der Waals surface area (Å²) < 4.78 is 34.2. The van der Waals surface area contributed by atoms with Crippen LogP contribution >= 0.6 is 0 Å². The van der Waals surface area contributed by atoms with Crippen LogP contribution in [-0.2, 0) is 0 Å². The third-order valence-electron chi connectivity index (χ3n) is 5.12. The standard InChI is InChI=1S/C23H26F2N6O2/c1-4-20(12(2)26)30-23-19(25)9-17(21(27)32)22(31-23)29-14-7-13(10-28-11-14)16-8-15(33-3)5-6-18(16)24/h5-12,20H,4,26H2,1-3H3,(H2,27,32)(H2,29,30,31)/t12-,20+/m0/s1. The van der Waals surface area contributed by atoms with E-state index in [1.807, 2.05) is 6.92 Å². The fourth-order valence-electron chi connectivity index (χ4n) is 3.30. The van der Waals surface area contributed by atoms with Crippen molar-refractivity contribution in [1.29, 1.82) is 0 Å². The highest BCUT2D eigenvalue weighted by molar-refractivity contribution is 5.98. The number of carbonyl (C=O) groups is 1. The van der Waals surface area contributed by atoms with Crippen molar-refractivity contribution in [1.82, 2.24) is 9.97 Å². The van der Waals surface area contributed by atoms with E-state index in [9.17, 15) is 13.6 Å². The van der Waals surface area contributed by atoms with Gasteiger partial charge in [-0.3, -0.25) is 9.78 Å². The molecule has 8 nitrogen and oxygen atoms in total. The molecule has 0 saturated carbocycles. The van der Waals surface area contributed by atoms with Crippen molar-refractivity contribution in [3.8, 4) is 16.9 Å². The van der Waals surface area contributed by atoms with Gasteiger partial charge in [-0.15, -0.1) is 0 Å². The minimum atomic E-state index is -0.863. The first-order chi connectivity index (χ1) is 15.7. The number of hydrogen-bond acceptors (Lipinski definition) is 7. The first-order valence-corrected chi connectivity index (χ1v) is 10.3. The molecule has 3 aromatic rings. The smallest absolute Gasteiger partial charge is 0.252 e. The highest BCUT2D eigenvalue weighted by Crippen LogP contribution is 2.30. The number of rotatable bonds is 9. The number of ether oxygens (including phenoxy) is 1. The lowest BCUT2D eigenvalue weighted by Gasteiger charge is -2.22. The monoisotopic (exact) mass is 456 g/mol. The van der Waals surface area contributed by atoms with E-state index in [-0.39, 0.29) is 34.8 Å². The number of nitrogens with two attached hydrogens (primary N) is 2. The Bertz CT molecular complexity index is 1160. The second-order valence-electron chi connectivity index (χ2n) is 7.53. The fraction of sp³-hybridized carbons (Fsp3) is 0.261. The Hall–Kier alpha value is -3.79. The van der Waals surface area contributed by atoms with Crippen LogP contribution in [0.3, 0.4) is 0 Å². The number of aromatic nitrogens is 2. The highest BCUT2D eigenvalue weighted by atomic mass is 19.1. The van der Waals surface area contributed by atoms with Crippen LogP contribution in [0.5, 0.6) is 5.75 Å². The van der Waals surface area contributed by atoms with Gasteiger partial charge in [-0.1, -0.05) is 6.92 Å². The minimum Gasteiger partial charge on any atom is -0.497 e. The van der Waals surface area contributed by atoms with Gasteiger partial charge in [0.25, 0.3) is 5.91 Å². The molecule has 0 aliphatic rings. The van der Waals surface area contributed by atoms with Crippen LogP contribution in [0.2, 0.25) is 0 Å². The summed E-state index contributed by atoms with van der Waals surface area (Å²) >= 11 is 0. The van der Waals surface area contributed by atoms with Crippen molar-refractivity contribution < 1.29 is 18.3 Å². The van der Waals surface area contributed by atoms with Gasteiger partial charge in [-0.2, -0.15) is 0 Å². The van der Waals surface area contributed by atoms with Crippen LogP contribution in [0.15, 0.2) is 42.7 Å². The zero-order chi connectivity index (χ0) is 24.1. The summed E-state index contributed by atoms with van der Waals surface area (Å²) in [6.07, 6.45) is 3.58. The van der Waals surface area contributed by atoms with E-state index in [0.29, 0.717) is 23.4 Å². The molecular weight excluding hydrogens is 430 g/mol. The Labute approximate surface area is 190 Å². The summed E-state index contributed by atoms with van der Waals surface area (Å²) in [7, 11) is 1.49. The largest absolute Gasteiger partial charge is 0.497 e. The number of hydrogen-bond donors (Lipinski definition) is 4. The van der Waals surface area contributed by atoms with Crippen molar-refractivity contribution in [2.24, 2.45) is 11.5 Å². The predicted molar refractivity (Wildman–Crippen MR) is 124 cm³/mol. The number of nitrogens with zero attached hydrogens (tertiary/aromatic N) is 2. The molecule has 0 saturated heterocycles. The van der Waals surface area contributed by atoms with Crippen LogP contribution in [0.25, 0.3) is 11.1 Å². The summed E-state index contributed by atoms with van der Waals surface area (Å²) in [6.45, 7) is 3.70. The molecule has 2 aromatic heterocycles. The van der Waals surface area contributed by atoms with Gasteiger partial charge >= 0.3 is 0 Å². The van der Waals surface area contributed by atoms with Crippen LogP contribution in [-0.4, -0.2) is 35.1 Å². The second-order valence-corrected chi connectivity index (χ2v) is 7.53. The average Bonchev–Trinajstić information content (AvgIpc) is 2.79. The van der Waals surface area contributed by atoms with Gasteiger partial charge in [-0.05, 0) is 43.7 Å². The number of halogens is 2. The maximum Gasteiger partial charge on any atom is 0.252 e. The van der Waals surface area contributed by atoms with E-state index in [2.05, 4.69) is 20.6 Å². The molecule has 0 aliphatic heterocycles. The quantitative estimate of drug-likeness (QED) is 0.385. The van der Waals surface area contributed by atoms with Crippen molar-refractivity contribution in [3.63, 3.8) is 0 Å². The Morgan fingerprint density at radius 1 is 1.15 bits per heavy atom. The lowest BCUT2D eigenvalue weighted by molar-refractivity contribution is 0.100. The van der Waals surface area contributed by atoms with Gasteiger partial charge in [0.15, 0.2) is 11.6 Å². The number of benzene rings is 1. The van der Waals surface area contributed by atoms with Crippen LogP contribution in [0, 0.1) is 11.6 Å². The average molecular weight is 456 g/mol. The third kappa shape index (κ3) is 5.53. The molecule has 2 atom stereocenters. The molecule has 10 heteroatoms. The van der Waals surface area contributed by atoms with Gasteiger partial charge in [0.2, 0.25) is 0 Å². The van der Waals surface area contributed by atoms with E-state index >= 15 is 0 Å². The first kappa shape index (κ1) is 23.9. The lowest BCUT2D eigenvalue weighted by Crippen LogP contribution is -2.38. The van der Waals surface area contributed by atoms with Gasteiger partial charge in [0, 0.05) is 29.4 Å². The van der Waals surface area contributed by atoms with E-state index in [1.165, 1.54) is 31.6 Å². The van der Waals surface area contributed by atoms with Crippen molar-refractivity contribution in [2.75, 3.05) is 17.7 Å². The Morgan fingerprint density at radius 3 is 2.55 bits per heavy atom. The molecule has 174 valence electrons. The zero-order valence-electron chi connectivity index (χ0n) is 18.5. The van der Waals surface area contributed by atoms with Crippen molar-refractivity contribution in [2.45, 2.75) is 32.4 Å². The molecule has 0 fully saturated rings. The third-order valence-corrected chi connectivity index (χ3v) is 5.12. The molecule has 1 amide bonds. The molecule has 3 rings (SSSR count). The molecule has 0 aliphatic carbocycles. The van der Waals surface area contributed by atoms with E-state index in [4.69, 9.17) is 16.2 Å². The summed E-state index contributed by atoms with van der Waals surface area (Å²) in [6, 6.07) is 6.47. The lowest BCUT2D eigenvalue weighted by atomic mass is 10.1. The normalized spacial score (nSPS) is 12.7. The van der Waals surface area contributed by atoms with Crippen LogP contribution < -0.4 is 26.8 Å². The number of pyridine rings is 2. The van der Waals surface area contributed by atoms with Gasteiger partial charge in [-0.25, -0.2) is 13.8 Å². The number of amides is 1. The van der Waals surface area contributed by atoms with E-state index < -0.39 is 17.5 Å². The van der Waals surface area contributed by atoms with Crippen LogP contribution in [0.4, 0.5) is 26.1 Å². The maximum atomic E-state index is 14.6. The van der Waals surface area contributed by atoms with Gasteiger partial charge in [0.05, 0.1) is 24.6 Å². The Kier molecular flexibility index (Phi) is 7.39. The van der Waals surface area contributed by atoms with Crippen molar-refractivity contribution in [3.05, 3.63) is 59.9 Å². The zero-order valence-corrected chi connectivity index (χ0v) is 18.5. The molecule has 33 heavy (non-hydrogen) atoms. The highest BCUT2D eigenvalue weighted by Gasteiger charge is 2.20. The summed E-state index contributed by atoms with van der Waals surface area (Å²) in [4.78, 5) is 20.3. The maximum absolute atomic E-state index is 14.6.